The Bertz CT molecular complexity index is 729. The van der Waals surface area contributed by atoms with Gasteiger partial charge in [0.05, 0.1) is 11.7 Å². The number of nitrogens with zero attached hydrogens (tertiary/aromatic N) is 4. The van der Waals surface area contributed by atoms with Crippen molar-refractivity contribution in [2.75, 3.05) is 5.32 Å². The number of aryl methyl sites for hydroxylation is 2. The van der Waals surface area contributed by atoms with E-state index < -0.39 is 0 Å². The monoisotopic (exact) mass is 299 g/mol. The minimum atomic E-state index is 0.166. The van der Waals surface area contributed by atoms with E-state index in [1.807, 2.05) is 24.3 Å². The lowest BCUT2D eigenvalue weighted by Gasteiger charge is -2.13. The van der Waals surface area contributed by atoms with Crippen molar-refractivity contribution in [2.24, 2.45) is 0 Å². The van der Waals surface area contributed by atoms with Crippen molar-refractivity contribution >= 4 is 17.3 Å². The van der Waals surface area contributed by atoms with E-state index in [-0.39, 0.29) is 6.04 Å². The molecule has 3 rings (SSSR count). The molecule has 2 aromatic heterocycles. The van der Waals surface area contributed by atoms with Crippen LogP contribution in [-0.4, -0.2) is 20.2 Å². The summed E-state index contributed by atoms with van der Waals surface area (Å²) >= 11 is 1.78. The molecule has 6 heteroatoms. The molecule has 0 spiro atoms. The second-order valence-electron chi connectivity index (χ2n) is 5.06. The van der Waals surface area contributed by atoms with Gasteiger partial charge in [-0.15, -0.1) is 11.3 Å². The molecule has 1 unspecified atom stereocenters. The number of hydrogen-bond acceptors (Lipinski definition) is 5. The zero-order valence-corrected chi connectivity index (χ0v) is 13.1. The molecule has 0 bridgehead atoms. The van der Waals surface area contributed by atoms with Crippen molar-refractivity contribution in [1.29, 1.82) is 0 Å². The number of benzene rings is 1. The Hall–Kier alpha value is -2.21. The summed E-state index contributed by atoms with van der Waals surface area (Å²) < 4.78 is 1.72. The number of thiophene rings is 1. The zero-order chi connectivity index (χ0) is 14.8. The van der Waals surface area contributed by atoms with Gasteiger partial charge in [0.15, 0.2) is 0 Å². The van der Waals surface area contributed by atoms with Crippen LogP contribution in [-0.2, 0) is 0 Å². The van der Waals surface area contributed by atoms with E-state index in [9.17, 15) is 0 Å². The van der Waals surface area contributed by atoms with Gasteiger partial charge in [-0.05, 0) is 55.5 Å². The molecule has 0 aliphatic heterocycles. The van der Waals surface area contributed by atoms with Crippen LogP contribution in [0.15, 0.2) is 36.4 Å². The fourth-order valence-corrected chi connectivity index (χ4v) is 2.97. The first-order chi connectivity index (χ1) is 10.1. The standard InChI is InChI=1S/C15H17N5S/c1-10-4-7-13(8-5-10)20-15(17-18-19-20)16-12(3)14-9-6-11(2)21-14/h4-9,12H,1-3H3,(H,16,17,19). The number of aromatic nitrogens is 4. The topological polar surface area (TPSA) is 55.6 Å². The summed E-state index contributed by atoms with van der Waals surface area (Å²) in [6.45, 7) is 6.28. The van der Waals surface area contributed by atoms with E-state index in [4.69, 9.17) is 0 Å². The van der Waals surface area contributed by atoms with Crippen molar-refractivity contribution in [1.82, 2.24) is 20.2 Å². The molecule has 0 aliphatic carbocycles. The fourth-order valence-electron chi connectivity index (χ4n) is 2.09. The number of nitrogens with one attached hydrogen (secondary N) is 1. The third-order valence-electron chi connectivity index (χ3n) is 3.28. The van der Waals surface area contributed by atoms with E-state index in [2.05, 4.69) is 53.7 Å². The first-order valence-electron chi connectivity index (χ1n) is 6.82. The highest BCUT2D eigenvalue weighted by molar-refractivity contribution is 7.12. The molecule has 5 nitrogen and oxygen atoms in total. The van der Waals surface area contributed by atoms with Crippen LogP contribution in [0.4, 0.5) is 5.95 Å². The molecule has 0 saturated carbocycles. The van der Waals surface area contributed by atoms with Gasteiger partial charge < -0.3 is 5.32 Å². The van der Waals surface area contributed by atoms with Gasteiger partial charge >= 0.3 is 0 Å². The molecule has 2 heterocycles. The van der Waals surface area contributed by atoms with E-state index >= 15 is 0 Å². The Morgan fingerprint density at radius 3 is 2.52 bits per heavy atom. The first-order valence-corrected chi connectivity index (χ1v) is 7.63. The highest BCUT2D eigenvalue weighted by Gasteiger charge is 2.13. The van der Waals surface area contributed by atoms with Crippen molar-refractivity contribution in [3.63, 3.8) is 0 Å². The highest BCUT2D eigenvalue weighted by Crippen LogP contribution is 2.25. The number of rotatable bonds is 4. The number of anilines is 1. The largest absolute Gasteiger partial charge is 0.345 e. The van der Waals surface area contributed by atoms with Crippen LogP contribution in [0.3, 0.4) is 0 Å². The van der Waals surface area contributed by atoms with Crippen LogP contribution in [0.1, 0.15) is 28.3 Å². The van der Waals surface area contributed by atoms with Crippen LogP contribution in [0, 0.1) is 13.8 Å². The average Bonchev–Trinajstić information content (AvgIpc) is 3.09. The molecular weight excluding hydrogens is 282 g/mol. The van der Waals surface area contributed by atoms with Crippen molar-refractivity contribution in [3.05, 3.63) is 51.7 Å². The molecule has 21 heavy (non-hydrogen) atoms. The summed E-state index contributed by atoms with van der Waals surface area (Å²) in [6.07, 6.45) is 0. The Morgan fingerprint density at radius 2 is 1.86 bits per heavy atom. The van der Waals surface area contributed by atoms with Crippen LogP contribution < -0.4 is 5.32 Å². The maximum atomic E-state index is 4.08. The molecule has 0 radical (unpaired) electrons. The SMILES string of the molecule is Cc1ccc(-n2nnnc2NC(C)c2ccc(C)s2)cc1. The zero-order valence-electron chi connectivity index (χ0n) is 12.2. The summed E-state index contributed by atoms with van der Waals surface area (Å²) in [5, 5.41) is 15.3. The minimum absolute atomic E-state index is 0.166. The molecule has 1 atom stereocenters. The van der Waals surface area contributed by atoms with E-state index in [0.29, 0.717) is 5.95 Å². The van der Waals surface area contributed by atoms with Gasteiger partial charge in [-0.2, -0.15) is 4.68 Å². The quantitative estimate of drug-likeness (QED) is 0.801. The van der Waals surface area contributed by atoms with Crippen molar-refractivity contribution < 1.29 is 0 Å². The predicted octanol–water partition coefficient (Wildman–Crippen LogP) is 3.51. The summed E-state index contributed by atoms with van der Waals surface area (Å²) in [5.41, 5.74) is 2.16. The maximum absolute atomic E-state index is 4.08. The van der Waals surface area contributed by atoms with Gasteiger partial charge in [-0.3, -0.25) is 0 Å². The van der Waals surface area contributed by atoms with Crippen LogP contribution >= 0.6 is 11.3 Å². The highest BCUT2D eigenvalue weighted by atomic mass is 32.1. The lowest BCUT2D eigenvalue weighted by atomic mass is 10.2. The lowest BCUT2D eigenvalue weighted by molar-refractivity contribution is 0.782. The minimum Gasteiger partial charge on any atom is -0.345 e. The third-order valence-corrected chi connectivity index (χ3v) is 4.46. The lowest BCUT2D eigenvalue weighted by Crippen LogP contribution is -2.10. The molecule has 1 aromatic carbocycles. The van der Waals surface area contributed by atoms with Crippen molar-refractivity contribution in [2.45, 2.75) is 26.8 Å². The molecule has 3 aromatic rings. The predicted molar refractivity (Wildman–Crippen MR) is 85.0 cm³/mol. The normalized spacial score (nSPS) is 12.3. The Morgan fingerprint density at radius 1 is 1.10 bits per heavy atom. The molecule has 0 aliphatic rings. The van der Waals surface area contributed by atoms with Gasteiger partial charge in [-0.1, -0.05) is 22.8 Å². The van der Waals surface area contributed by atoms with Gasteiger partial charge in [0.1, 0.15) is 0 Å². The van der Waals surface area contributed by atoms with Crippen LogP contribution in [0.25, 0.3) is 5.69 Å². The van der Waals surface area contributed by atoms with Gasteiger partial charge in [0.2, 0.25) is 5.95 Å². The molecule has 0 fully saturated rings. The Kier molecular flexibility index (Phi) is 3.70. The maximum Gasteiger partial charge on any atom is 0.248 e. The van der Waals surface area contributed by atoms with E-state index in [1.54, 1.807) is 16.0 Å². The molecular formula is C15H17N5S. The molecule has 1 N–H and O–H groups in total. The molecule has 0 saturated heterocycles. The summed E-state index contributed by atoms with van der Waals surface area (Å²) in [4.78, 5) is 2.57. The van der Waals surface area contributed by atoms with Gasteiger partial charge in [0.25, 0.3) is 0 Å². The molecule has 0 amide bonds. The third kappa shape index (κ3) is 2.95. The van der Waals surface area contributed by atoms with Crippen LogP contribution in [0.2, 0.25) is 0 Å². The number of hydrogen-bond donors (Lipinski definition) is 1. The average molecular weight is 299 g/mol. The number of tetrazole rings is 1. The van der Waals surface area contributed by atoms with Crippen molar-refractivity contribution in [3.8, 4) is 5.69 Å². The Balaban J connectivity index is 1.84. The van der Waals surface area contributed by atoms with Gasteiger partial charge in [0, 0.05) is 9.75 Å². The van der Waals surface area contributed by atoms with E-state index in [1.165, 1.54) is 15.3 Å². The van der Waals surface area contributed by atoms with Crippen LogP contribution in [0.5, 0.6) is 0 Å². The second kappa shape index (κ2) is 5.65. The first kappa shape index (κ1) is 13.8. The molecule has 108 valence electrons. The summed E-state index contributed by atoms with van der Waals surface area (Å²) in [5.74, 6) is 0.650. The Labute approximate surface area is 127 Å². The van der Waals surface area contributed by atoms with Gasteiger partial charge in [-0.25, -0.2) is 0 Å². The van der Waals surface area contributed by atoms with E-state index in [0.717, 1.165) is 5.69 Å². The smallest absolute Gasteiger partial charge is 0.248 e. The summed E-state index contributed by atoms with van der Waals surface area (Å²) in [7, 11) is 0. The second-order valence-corrected chi connectivity index (χ2v) is 6.38. The fraction of sp³-hybridized carbons (Fsp3) is 0.267. The summed E-state index contributed by atoms with van der Waals surface area (Å²) in [6, 6.07) is 12.5.